The first-order chi connectivity index (χ1) is 10.6. The van der Waals surface area contributed by atoms with E-state index in [1.165, 1.54) is 11.3 Å². The van der Waals surface area contributed by atoms with Crippen molar-refractivity contribution in [2.24, 2.45) is 0 Å². The summed E-state index contributed by atoms with van der Waals surface area (Å²) in [4.78, 5) is 19.6. The van der Waals surface area contributed by atoms with Crippen molar-refractivity contribution in [2.45, 2.75) is 13.0 Å². The lowest BCUT2D eigenvalue weighted by Crippen LogP contribution is -2.27. The van der Waals surface area contributed by atoms with Crippen LogP contribution in [0.25, 0.3) is 10.6 Å². The molecule has 0 unspecified atom stereocenters. The van der Waals surface area contributed by atoms with Crippen LogP contribution in [0, 0.1) is 0 Å². The molecule has 0 N–H and O–H groups in total. The molecule has 0 saturated heterocycles. The van der Waals surface area contributed by atoms with Gasteiger partial charge in [-0.2, -0.15) is 11.3 Å². The summed E-state index contributed by atoms with van der Waals surface area (Å²) < 4.78 is 0.746. The molecule has 0 spiro atoms. The lowest BCUT2D eigenvalue weighted by molar-refractivity contribution is -0.129. The van der Waals surface area contributed by atoms with Crippen molar-refractivity contribution >= 4 is 51.5 Å². The van der Waals surface area contributed by atoms with Crippen molar-refractivity contribution in [1.82, 2.24) is 9.88 Å². The molecule has 3 aromatic heterocycles. The van der Waals surface area contributed by atoms with Gasteiger partial charge in [0.1, 0.15) is 5.01 Å². The second kappa shape index (κ2) is 6.91. The normalized spacial score (nSPS) is 10.8. The van der Waals surface area contributed by atoms with E-state index in [2.05, 4.69) is 10.4 Å². The van der Waals surface area contributed by atoms with Gasteiger partial charge in [0, 0.05) is 28.2 Å². The van der Waals surface area contributed by atoms with E-state index in [9.17, 15) is 4.79 Å². The third-order valence-electron chi connectivity index (χ3n) is 3.10. The molecule has 0 aliphatic rings. The number of aromatic nitrogens is 1. The van der Waals surface area contributed by atoms with Gasteiger partial charge in [-0.25, -0.2) is 4.98 Å². The van der Waals surface area contributed by atoms with E-state index >= 15 is 0 Å². The highest BCUT2D eigenvalue weighted by Crippen LogP contribution is 2.26. The predicted molar refractivity (Wildman–Crippen MR) is 94.9 cm³/mol. The van der Waals surface area contributed by atoms with E-state index < -0.39 is 0 Å². The fraction of sp³-hybridized carbons (Fsp3) is 0.200. The Morgan fingerprint density at radius 2 is 2.18 bits per heavy atom. The van der Waals surface area contributed by atoms with Crippen LogP contribution in [-0.4, -0.2) is 22.8 Å². The highest BCUT2D eigenvalue weighted by Gasteiger charge is 2.14. The zero-order valence-corrected chi connectivity index (χ0v) is 15.0. The third-order valence-corrected chi connectivity index (χ3v) is 5.94. The van der Waals surface area contributed by atoms with Crippen LogP contribution in [0.15, 0.2) is 34.3 Å². The Bertz CT molecular complexity index is 763. The summed E-state index contributed by atoms with van der Waals surface area (Å²) in [5, 5.41) is 7.02. The number of hydrogen-bond donors (Lipinski definition) is 0. The SMILES string of the molecule is CN(Cc1ccc(Cl)s1)C(=O)Cc1csc(-c2ccsc2)n1. The number of likely N-dealkylation sites (N-methyl/N-ethyl adjacent to an activating group) is 1. The zero-order chi connectivity index (χ0) is 15.5. The minimum absolute atomic E-state index is 0.0618. The van der Waals surface area contributed by atoms with Crippen LogP contribution < -0.4 is 0 Å². The van der Waals surface area contributed by atoms with E-state index in [0.29, 0.717) is 13.0 Å². The first kappa shape index (κ1) is 15.7. The van der Waals surface area contributed by atoms with Gasteiger partial charge >= 0.3 is 0 Å². The lowest BCUT2D eigenvalue weighted by atomic mass is 10.3. The monoisotopic (exact) mass is 368 g/mol. The largest absolute Gasteiger partial charge is 0.340 e. The van der Waals surface area contributed by atoms with Crippen molar-refractivity contribution in [2.75, 3.05) is 7.05 Å². The molecule has 0 aliphatic carbocycles. The van der Waals surface area contributed by atoms with Gasteiger partial charge in [-0.3, -0.25) is 4.79 Å². The maximum atomic E-state index is 12.3. The van der Waals surface area contributed by atoms with E-state index in [1.54, 1.807) is 27.6 Å². The first-order valence-electron chi connectivity index (χ1n) is 6.57. The van der Waals surface area contributed by atoms with Crippen molar-refractivity contribution in [3.05, 3.63) is 49.2 Å². The zero-order valence-electron chi connectivity index (χ0n) is 11.8. The number of carbonyl (C=O) groups excluding carboxylic acids is 1. The number of carbonyl (C=O) groups is 1. The van der Waals surface area contributed by atoms with E-state index in [1.807, 2.05) is 36.0 Å². The highest BCUT2D eigenvalue weighted by atomic mass is 35.5. The summed E-state index contributed by atoms with van der Waals surface area (Å²) in [7, 11) is 1.81. The Labute approximate surface area is 145 Å². The molecule has 0 bridgehead atoms. The molecule has 0 fully saturated rings. The lowest BCUT2D eigenvalue weighted by Gasteiger charge is -2.15. The Kier molecular flexibility index (Phi) is 4.93. The molecule has 0 aromatic carbocycles. The Morgan fingerprint density at radius 1 is 1.32 bits per heavy atom. The average molecular weight is 369 g/mol. The van der Waals surface area contributed by atoms with Crippen LogP contribution in [0.2, 0.25) is 4.34 Å². The molecule has 0 radical (unpaired) electrons. The number of halogens is 1. The second-order valence-corrected chi connectivity index (χ2v) is 8.23. The maximum Gasteiger partial charge on any atom is 0.228 e. The molecule has 7 heteroatoms. The van der Waals surface area contributed by atoms with Gasteiger partial charge in [-0.1, -0.05) is 11.6 Å². The highest BCUT2D eigenvalue weighted by molar-refractivity contribution is 7.16. The minimum atomic E-state index is 0.0618. The standard InChI is InChI=1S/C15H13ClN2OS3/c1-18(7-12-2-3-13(16)22-12)14(19)6-11-9-21-15(17-11)10-4-5-20-8-10/h2-5,8-9H,6-7H2,1H3. The molecule has 0 aliphatic heterocycles. The van der Waals surface area contributed by atoms with Crippen molar-refractivity contribution in [1.29, 1.82) is 0 Å². The summed E-state index contributed by atoms with van der Waals surface area (Å²) in [5.74, 6) is 0.0618. The van der Waals surface area contributed by atoms with Crippen molar-refractivity contribution in [3.8, 4) is 10.6 Å². The topological polar surface area (TPSA) is 33.2 Å². The van der Waals surface area contributed by atoms with E-state index in [4.69, 9.17) is 11.6 Å². The molecule has 114 valence electrons. The number of rotatable bonds is 5. The average Bonchev–Trinajstić information content (AvgIpc) is 3.20. The summed E-state index contributed by atoms with van der Waals surface area (Å²) in [6, 6.07) is 5.85. The van der Waals surface area contributed by atoms with Crippen molar-refractivity contribution in [3.63, 3.8) is 0 Å². The predicted octanol–water partition coefficient (Wildman–Crippen LogP) is 4.79. The summed E-state index contributed by atoms with van der Waals surface area (Å²) >= 11 is 10.6. The fourth-order valence-corrected chi connectivity index (χ4v) is 4.63. The number of thiophene rings is 2. The number of hydrogen-bond acceptors (Lipinski definition) is 5. The van der Waals surface area contributed by atoms with Gasteiger partial charge in [-0.05, 0) is 23.6 Å². The fourth-order valence-electron chi connectivity index (χ4n) is 1.96. The minimum Gasteiger partial charge on any atom is -0.340 e. The van der Waals surface area contributed by atoms with Crippen LogP contribution >= 0.6 is 45.6 Å². The van der Waals surface area contributed by atoms with Gasteiger partial charge in [-0.15, -0.1) is 22.7 Å². The molecule has 22 heavy (non-hydrogen) atoms. The summed E-state index contributed by atoms with van der Waals surface area (Å²) in [6.45, 7) is 0.581. The van der Waals surface area contributed by atoms with E-state index in [0.717, 1.165) is 25.5 Å². The third kappa shape index (κ3) is 3.76. The molecule has 3 rings (SSSR count). The number of amides is 1. The van der Waals surface area contributed by atoms with Crippen LogP contribution in [0.1, 0.15) is 10.6 Å². The van der Waals surface area contributed by atoms with Gasteiger partial charge in [0.25, 0.3) is 0 Å². The van der Waals surface area contributed by atoms with Crippen LogP contribution in [0.5, 0.6) is 0 Å². The molecule has 3 aromatic rings. The quantitative estimate of drug-likeness (QED) is 0.648. The van der Waals surface area contributed by atoms with Gasteiger partial charge in [0.2, 0.25) is 5.91 Å². The molecular weight excluding hydrogens is 356 g/mol. The van der Waals surface area contributed by atoms with Crippen LogP contribution in [-0.2, 0) is 17.8 Å². The molecular formula is C15H13ClN2OS3. The van der Waals surface area contributed by atoms with Crippen molar-refractivity contribution < 1.29 is 4.79 Å². The number of nitrogens with zero attached hydrogens (tertiary/aromatic N) is 2. The number of thiazole rings is 1. The van der Waals surface area contributed by atoms with Crippen LogP contribution in [0.4, 0.5) is 0 Å². The molecule has 0 saturated carbocycles. The smallest absolute Gasteiger partial charge is 0.228 e. The molecule has 3 heterocycles. The molecule has 1 amide bonds. The Hall–Kier alpha value is -1.21. The first-order valence-corrected chi connectivity index (χ1v) is 9.58. The summed E-state index contributed by atoms with van der Waals surface area (Å²) in [6.07, 6.45) is 0.330. The maximum absolute atomic E-state index is 12.3. The Morgan fingerprint density at radius 3 is 2.86 bits per heavy atom. The Balaban J connectivity index is 1.61. The second-order valence-electron chi connectivity index (χ2n) is 4.79. The van der Waals surface area contributed by atoms with E-state index in [-0.39, 0.29) is 5.91 Å². The van der Waals surface area contributed by atoms with Crippen LogP contribution in [0.3, 0.4) is 0 Å². The molecule has 0 atom stereocenters. The summed E-state index contributed by atoms with van der Waals surface area (Å²) in [5.41, 5.74) is 1.95. The molecule has 3 nitrogen and oxygen atoms in total. The van der Waals surface area contributed by atoms with Gasteiger partial charge in [0.05, 0.1) is 23.0 Å². The van der Waals surface area contributed by atoms with Gasteiger partial charge in [0.15, 0.2) is 0 Å². The van der Waals surface area contributed by atoms with Gasteiger partial charge < -0.3 is 4.90 Å².